The molecule has 0 aliphatic heterocycles. The molecule has 17 heavy (non-hydrogen) atoms. The van der Waals surface area contributed by atoms with Crippen molar-refractivity contribution in [2.24, 2.45) is 0 Å². The van der Waals surface area contributed by atoms with Gasteiger partial charge in [-0.3, -0.25) is 4.79 Å². The van der Waals surface area contributed by atoms with Gasteiger partial charge < -0.3 is 10.4 Å². The predicted octanol–water partition coefficient (Wildman–Crippen LogP) is 3.01. The van der Waals surface area contributed by atoms with Crippen LogP contribution < -0.4 is 5.32 Å². The number of aromatic hydroxyl groups is 1. The lowest BCUT2D eigenvalue weighted by molar-refractivity contribution is 0.0952. The summed E-state index contributed by atoms with van der Waals surface area (Å²) in [6.07, 6.45) is 4.56. The van der Waals surface area contributed by atoms with E-state index in [9.17, 15) is 9.90 Å². The number of carbonyl (C=O) groups is 1. The van der Waals surface area contributed by atoms with Crippen LogP contribution in [0, 0.1) is 6.92 Å². The van der Waals surface area contributed by atoms with E-state index in [0.29, 0.717) is 12.1 Å². The average molecular weight is 235 g/mol. The van der Waals surface area contributed by atoms with Gasteiger partial charge in [0.15, 0.2) is 0 Å². The zero-order chi connectivity index (χ0) is 12.7. The van der Waals surface area contributed by atoms with Crippen LogP contribution >= 0.6 is 0 Å². The number of amides is 1. The quantitative estimate of drug-likeness (QED) is 0.745. The summed E-state index contributed by atoms with van der Waals surface area (Å²) in [5.74, 6) is 0.0560. The fourth-order valence-corrected chi connectivity index (χ4v) is 1.61. The molecule has 0 radical (unpaired) electrons. The molecular weight excluding hydrogens is 214 g/mol. The zero-order valence-corrected chi connectivity index (χ0v) is 10.6. The molecule has 3 heteroatoms. The van der Waals surface area contributed by atoms with Crippen molar-refractivity contribution in [2.75, 3.05) is 6.54 Å². The highest BCUT2D eigenvalue weighted by molar-refractivity contribution is 5.94. The number of unbranched alkanes of at least 4 members (excludes halogenated alkanes) is 3. The molecule has 2 N–H and O–H groups in total. The summed E-state index contributed by atoms with van der Waals surface area (Å²) in [5.41, 5.74) is 1.30. The standard InChI is InChI=1S/C14H21NO2/c1-3-4-5-6-9-15-14(17)12-8-7-11(2)13(16)10-12/h7-8,10,16H,3-6,9H2,1-2H3,(H,15,17). The zero-order valence-electron chi connectivity index (χ0n) is 10.6. The van der Waals surface area contributed by atoms with E-state index in [0.717, 1.165) is 18.4 Å². The van der Waals surface area contributed by atoms with Crippen LogP contribution in [0.5, 0.6) is 5.75 Å². The Hall–Kier alpha value is -1.51. The number of aryl methyl sites for hydroxylation is 1. The minimum atomic E-state index is -0.114. The normalized spacial score (nSPS) is 10.2. The Morgan fingerprint density at radius 1 is 1.29 bits per heavy atom. The average Bonchev–Trinajstić information content (AvgIpc) is 2.32. The van der Waals surface area contributed by atoms with Crippen LogP contribution in [0.2, 0.25) is 0 Å². The molecule has 0 bridgehead atoms. The van der Waals surface area contributed by atoms with Crippen LogP contribution in [-0.2, 0) is 0 Å². The largest absolute Gasteiger partial charge is 0.508 e. The summed E-state index contributed by atoms with van der Waals surface area (Å²) in [7, 11) is 0. The van der Waals surface area contributed by atoms with E-state index in [1.165, 1.54) is 18.9 Å². The van der Waals surface area contributed by atoms with Gasteiger partial charge in [0.2, 0.25) is 0 Å². The summed E-state index contributed by atoms with van der Waals surface area (Å²) >= 11 is 0. The summed E-state index contributed by atoms with van der Waals surface area (Å²) in [6, 6.07) is 4.99. The Labute approximate surface area is 103 Å². The highest BCUT2D eigenvalue weighted by Crippen LogP contribution is 2.17. The number of hydrogen-bond donors (Lipinski definition) is 2. The maximum absolute atomic E-state index is 11.7. The fourth-order valence-electron chi connectivity index (χ4n) is 1.61. The maximum Gasteiger partial charge on any atom is 0.251 e. The van der Waals surface area contributed by atoms with E-state index in [1.807, 2.05) is 6.92 Å². The van der Waals surface area contributed by atoms with Gasteiger partial charge in [-0.1, -0.05) is 32.3 Å². The first-order chi connectivity index (χ1) is 8.15. The van der Waals surface area contributed by atoms with Gasteiger partial charge in [0.1, 0.15) is 5.75 Å². The van der Waals surface area contributed by atoms with Crippen molar-refractivity contribution in [1.82, 2.24) is 5.32 Å². The molecular formula is C14H21NO2. The monoisotopic (exact) mass is 235 g/mol. The summed E-state index contributed by atoms with van der Waals surface area (Å²) < 4.78 is 0. The molecule has 1 aromatic rings. The van der Waals surface area contributed by atoms with Gasteiger partial charge in [-0.2, -0.15) is 0 Å². The Morgan fingerprint density at radius 3 is 2.71 bits per heavy atom. The van der Waals surface area contributed by atoms with Gasteiger partial charge in [0.05, 0.1) is 0 Å². The molecule has 0 spiro atoms. The molecule has 94 valence electrons. The molecule has 0 heterocycles. The van der Waals surface area contributed by atoms with Gasteiger partial charge >= 0.3 is 0 Å². The number of benzene rings is 1. The van der Waals surface area contributed by atoms with Crippen molar-refractivity contribution >= 4 is 5.91 Å². The van der Waals surface area contributed by atoms with Crippen LogP contribution in [0.4, 0.5) is 0 Å². The third-order valence-corrected chi connectivity index (χ3v) is 2.79. The molecule has 0 aliphatic carbocycles. The molecule has 0 saturated carbocycles. The molecule has 0 aromatic heterocycles. The Morgan fingerprint density at radius 2 is 2.06 bits per heavy atom. The summed E-state index contributed by atoms with van der Waals surface area (Å²) in [6.45, 7) is 4.67. The van der Waals surface area contributed by atoms with E-state index < -0.39 is 0 Å². The van der Waals surface area contributed by atoms with Crippen molar-refractivity contribution in [3.63, 3.8) is 0 Å². The highest BCUT2D eigenvalue weighted by Gasteiger charge is 2.06. The third kappa shape index (κ3) is 4.47. The first-order valence-corrected chi connectivity index (χ1v) is 6.23. The van der Waals surface area contributed by atoms with Crippen LogP contribution in [0.1, 0.15) is 48.5 Å². The van der Waals surface area contributed by atoms with Crippen molar-refractivity contribution in [3.05, 3.63) is 29.3 Å². The molecule has 0 atom stereocenters. The van der Waals surface area contributed by atoms with Gasteiger partial charge in [0.25, 0.3) is 5.91 Å². The van der Waals surface area contributed by atoms with E-state index in [-0.39, 0.29) is 11.7 Å². The summed E-state index contributed by atoms with van der Waals surface area (Å²) in [5, 5.41) is 12.4. The number of hydrogen-bond acceptors (Lipinski definition) is 2. The van der Waals surface area contributed by atoms with Crippen molar-refractivity contribution in [3.8, 4) is 5.75 Å². The number of nitrogens with one attached hydrogen (secondary N) is 1. The fraction of sp³-hybridized carbons (Fsp3) is 0.500. The molecule has 0 unspecified atom stereocenters. The van der Waals surface area contributed by atoms with Gasteiger partial charge in [0, 0.05) is 12.1 Å². The second kappa shape index (κ2) is 6.94. The number of phenols is 1. The van der Waals surface area contributed by atoms with E-state index in [4.69, 9.17) is 0 Å². The smallest absolute Gasteiger partial charge is 0.251 e. The van der Waals surface area contributed by atoms with Crippen LogP contribution in [0.25, 0.3) is 0 Å². The predicted molar refractivity (Wildman–Crippen MR) is 69.3 cm³/mol. The first-order valence-electron chi connectivity index (χ1n) is 6.23. The van der Waals surface area contributed by atoms with Crippen molar-refractivity contribution in [2.45, 2.75) is 39.5 Å². The number of phenolic OH excluding ortho intramolecular Hbond substituents is 1. The molecule has 1 aromatic carbocycles. The highest BCUT2D eigenvalue weighted by atomic mass is 16.3. The minimum Gasteiger partial charge on any atom is -0.508 e. The third-order valence-electron chi connectivity index (χ3n) is 2.79. The van der Waals surface area contributed by atoms with E-state index in [1.54, 1.807) is 12.1 Å². The molecule has 0 saturated heterocycles. The van der Waals surface area contributed by atoms with Crippen LogP contribution in [-0.4, -0.2) is 17.6 Å². The molecule has 0 aliphatic rings. The molecule has 1 rings (SSSR count). The van der Waals surface area contributed by atoms with Crippen LogP contribution in [0.15, 0.2) is 18.2 Å². The Balaban J connectivity index is 2.39. The van der Waals surface area contributed by atoms with Gasteiger partial charge in [-0.25, -0.2) is 0 Å². The minimum absolute atomic E-state index is 0.114. The second-order valence-electron chi connectivity index (χ2n) is 4.32. The van der Waals surface area contributed by atoms with E-state index in [2.05, 4.69) is 12.2 Å². The Kier molecular flexibility index (Phi) is 5.53. The van der Waals surface area contributed by atoms with Gasteiger partial charge in [-0.05, 0) is 31.0 Å². The molecule has 3 nitrogen and oxygen atoms in total. The Bertz CT molecular complexity index is 374. The lowest BCUT2D eigenvalue weighted by atomic mass is 10.1. The van der Waals surface area contributed by atoms with Crippen molar-refractivity contribution in [1.29, 1.82) is 0 Å². The molecule has 1 amide bonds. The van der Waals surface area contributed by atoms with Crippen molar-refractivity contribution < 1.29 is 9.90 Å². The number of rotatable bonds is 6. The second-order valence-corrected chi connectivity index (χ2v) is 4.32. The van der Waals surface area contributed by atoms with E-state index >= 15 is 0 Å². The lowest BCUT2D eigenvalue weighted by Gasteiger charge is -2.06. The molecule has 0 fully saturated rings. The maximum atomic E-state index is 11.7. The first kappa shape index (κ1) is 13.6. The summed E-state index contributed by atoms with van der Waals surface area (Å²) in [4.78, 5) is 11.7. The lowest BCUT2D eigenvalue weighted by Crippen LogP contribution is -2.24. The van der Waals surface area contributed by atoms with Crippen LogP contribution in [0.3, 0.4) is 0 Å². The van der Waals surface area contributed by atoms with Gasteiger partial charge in [-0.15, -0.1) is 0 Å². The SMILES string of the molecule is CCCCCCNC(=O)c1ccc(C)c(O)c1. The topological polar surface area (TPSA) is 49.3 Å². The number of carbonyl (C=O) groups excluding carboxylic acids is 1.